The van der Waals surface area contributed by atoms with Crippen LogP contribution in [0.1, 0.15) is 6.42 Å². The standard InChI is InChI=1S/C15H18O4/c1-17-14-9-8-12(10-13(14)15(16)18-2)19-11-6-4-3-5-7-11/h3-9,12-14H,10H2,1-2H3/t12-,13+,14+/m0/s1. The van der Waals surface area contributed by atoms with Gasteiger partial charge in [0.2, 0.25) is 0 Å². The normalized spacial score (nSPS) is 25.9. The zero-order valence-corrected chi connectivity index (χ0v) is 11.1. The maximum absolute atomic E-state index is 11.7. The lowest BCUT2D eigenvalue weighted by molar-refractivity contribution is -0.150. The van der Waals surface area contributed by atoms with Gasteiger partial charge in [-0.15, -0.1) is 0 Å². The van der Waals surface area contributed by atoms with Crippen molar-refractivity contribution >= 4 is 5.97 Å². The molecule has 0 saturated heterocycles. The zero-order chi connectivity index (χ0) is 13.7. The number of carbonyl (C=O) groups excluding carboxylic acids is 1. The predicted octanol–water partition coefficient (Wildman–Crippen LogP) is 2.20. The minimum absolute atomic E-state index is 0.141. The average molecular weight is 262 g/mol. The van der Waals surface area contributed by atoms with E-state index in [0.717, 1.165) is 5.75 Å². The highest BCUT2D eigenvalue weighted by atomic mass is 16.5. The van der Waals surface area contributed by atoms with Crippen LogP contribution in [0.3, 0.4) is 0 Å². The molecule has 102 valence electrons. The van der Waals surface area contributed by atoms with E-state index in [1.54, 1.807) is 7.11 Å². The second kappa shape index (κ2) is 6.38. The fourth-order valence-electron chi connectivity index (χ4n) is 2.22. The molecule has 0 bridgehead atoms. The van der Waals surface area contributed by atoms with Gasteiger partial charge in [-0.25, -0.2) is 0 Å². The van der Waals surface area contributed by atoms with Crippen LogP contribution in [0.2, 0.25) is 0 Å². The predicted molar refractivity (Wildman–Crippen MR) is 70.9 cm³/mol. The lowest BCUT2D eigenvalue weighted by Gasteiger charge is -2.29. The van der Waals surface area contributed by atoms with Crippen molar-refractivity contribution in [2.45, 2.75) is 18.6 Å². The van der Waals surface area contributed by atoms with Gasteiger partial charge in [-0.1, -0.05) is 24.3 Å². The summed E-state index contributed by atoms with van der Waals surface area (Å²) in [6, 6.07) is 9.55. The molecule has 0 aromatic heterocycles. The van der Waals surface area contributed by atoms with Gasteiger partial charge in [0.15, 0.2) is 0 Å². The Hall–Kier alpha value is -1.81. The highest BCUT2D eigenvalue weighted by Crippen LogP contribution is 2.26. The number of methoxy groups -OCH3 is 2. The molecular weight excluding hydrogens is 244 g/mol. The van der Waals surface area contributed by atoms with Crippen molar-refractivity contribution in [1.29, 1.82) is 0 Å². The van der Waals surface area contributed by atoms with E-state index in [1.165, 1.54) is 7.11 Å². The highest BCUT2D eigenvalue weighted by Gasteiger charge is 2.33. The largest absolute Gasteiger partial charge is 0.486 e. The van der Waals surface area contributed by atoms with Crippen LogP contribution in [0.5, 0.6) is 5.75 Å². The third kappa shape index (κ3) is 3.35. The van der Waals surface area contributed by atoms with E-state index in [9.17, 15) is 4.79 Å². The van der Waals surface area contributed by atoms with Crippen LogP contribution in [0.4, 0.5) is 0 Å². The van der Waals surface area contributed by atoms with Crippen molar-refractivity contribution in [1.82, 2.24) is 0 Å². The molecule has 0 amide bonds. The van der Waals surface area contributed by atoms with Gasteiger partial charge in [0.1, 0.15) is 11.9 Å². The molecule has 0 N–H and O–H groups in total. The molecule has 1 aliphatic carbocycles. The van der Waals surface area contributed by atoms with Gasteiger partial charge in [0, 0.05) is 13.5 Å². The van der Waals surface area contributed by atoms with Gasteiger partial charge in [-0.3, -0.25) is 4.79 Å². The summed E-state index contributed by atoms with van der Waals surface area (Å²) < 4.78 is 15.9. The van der Waals surface area contributed by atoms with Crippen molar-refractivity contribution < 1.29 is 19.0 Å². The van der Waals surface area contributed by atoms with Crippen molar-refractivity contribution in [3.63, 3.8) is 0 Å². The third-order valence-electron chi connectivity index (χ3n) is 3.21. The molecule has 0 radical (unpaired) electrons. The maximum Gasteiger partial charge on any atom is 0.311 e. The van der Waals surface area contributed by atoms with Gasteiger partial charge >= 0.3 is 5.97 Å². The Morgan fingerprint density at radius 3 is 2.53 bits per heavy atom. The van der Waals surface area contributed by atoms with Crippen molar-refractivity contribution in [3.05, 3.63) is 42.5 Å². The number of carbonyl (C=O) groups is 1. The first-order chi connectivity index (χ1) is 9.24. The molecule has 1 aromatic rings. The number of hydrogen-bond acceptors (Lipinski definition) is 4. The van der Waals surface area contributed by atoms with Gasteiger partial charge < -0.3 is 14.2 Å². The zero-order valence-electron chi connectivity index (χ0n) is 11.1. The minimum Gasteiger partial charge on any atom is -0.486 e. The van der Waals surface area contributed by atoms with Crippen LogP contribution in [0, 0.1) is 5.92 Å². The first kappa shape index (κ1) is 13.6. The summed E-state index contributed by atoms with van der Waals surface area (Å²) in [5, 5.41) is 0. The molecule has 0 spiro atoms. The third-order valence-corrected chi connectivity index (χ3v) is 3.21. The number of benzene rings is 1. The fraction of sp³-hybridized carbons (Fsp3) is 0.400. The smallest absolute Gasteiger partial charge is 0.311 e. The molecule has 0 saturated carbocycles. The quantitative estimate of drug-likeness (QED) is 0.616. The Bertz CT molecular complexity index is 441. The summed E-state index contributed by atoms with van der Waals surface area (Å²) in [7, 11) is 2.98. The summed E-state index contributed by atoms with van der Waals surface area (Å²) in [6.07, 6.45) is 3.96. The van der Waals surface area contributed by atoms with E-state index in [1.807, 2.05) is 42.5 Å². The van der Waals surface area contributed by atoms with Crippen LogP contribution in [-0.4, -0.2) is 32.4 Å². The molecule has 2 rings (SSSR count). The molecule has 19 heavy (non-hydrogen) atoms. The molecule has 3 atom stereocenters. The van der Waals surface area contributed by atoms with Crippen LogP contribution in [-0.2, 0) is 14.3 Å². The molecule has 0 fully saturated rings. The molecule has 1 aliphatic rings. The van der Waals surface area contributed by atoms with Crippen molar-refractivity contribution in [3.8, 4) is 5.75 Å². The Morgan fingerprint density at radius 1 is 1.16 bits per heavy atom. The van der Waals surface area contributed by atoms with E-state index in [0.29, 0.717) is 6.42 Å². The molecule has 1 aromatic carbocycles. The average Bonchev–Trinajstić information content (AvgIpc) is 2.47. The lowest BCUT2D eigenvalue weighted by Crippen LogP contribution is -2.37. The van der Waals surface area contributed by atoms with Gasteiger partial charge in [-0.2, -0.15) is 0 Å². The fourth-order valence-corrected chi connectivity index (χ4v) is 2.22. The lowest BCUT2D eigenvalue weighted by atomic mass is 9.90. The first-order valence-electron chi connectivity index (χ1n) is 6.25. The monoisotopic (exact) mass is 262 g/mol. The van der Waals surface area contributed by atoms with Crippen molar-refractivity contribution in [2.24, 2.45) is 5.92 Å². The minimum atomic E-state index is -0.325. The molecule has 4 nitrogen and oxygen atoms in total. The summed E-state index contributed by atoms with van der Waals surface area (Å²) in [4.78, 5) is 11.7. The Morgan fingerprint density at radius 2 is 1.89 bits per heavy atom. The van der Waals surface area contributed by atoms with Gasteiger partial charge in [0.05, 0.1) is 19.1 Å². The van der Waals surface area contributed by atoms with E-state index in [2.05, 4.69) is 0 Å². The van der Waals surface area contributed by atoms with Gasteiger partial charge in [0.25, 0.3) is 0 Å². The van der Waals surface area contributed by atoms with E-state index < -0.39 is 0 Å². The number of hydrogen-bond donors (Lipinski definition) is 0. The van der Waals surface area contributed by atoms with Crippen LogP contribution in [0.15, 0.2) is 42.5 Å². The second-order valence-corrected chi connectivity index (χ2v) is 4.42. The highest BCUT2D eigenvalue weighted by molar-refractivity contribution is 5.73. The second-order valence-electron chi connectivity index (χ2n) is 4.42. The van der Waals surface area contributed by atoms with Crippen molar-refractivity contribution in [2.75, 3.05) is 14.2 Å². The summed E-state index contributed by atoms with van der Waals surface area (Å²) in [5.41, 5.74) is 0. The SMILES string of the molecule is COC(=O)[C@@H]1C[C@@H](Oc2ccccc2)C=C[C@H]1OC. The molecule has 0 unspecified atom stereocenters. The number of rotatable bonds is 4. The topological polar surface area (TPSA) is 44.8 Å². The Labute approximate surface area is 113 Å². The summed E-state index contributed by atoms with van der Waals surface area (Å²) in [5.74, 6) is 0.197. The number of esters is 1. The van der Waals surface area contributed by atoms with Crippen LogP contribution in [0.25, 0.3) is 0 Å². The summed E-state index contributed by atoms with van der Waals surface area (Å²) in [6.45, 7) is 0. The maximum atomic E-state index is 11.7. The number of ether oxygens (including phenoxy) is 3. The molecule has 4 heteroatoms. The van der Waals surface area contributed by atoms with E-state index in [4.69, 9.17) is 14.2 Å². The summed E-state index contributed by atoms with van der Waals surface area (Å²) >= 11 is 0. The molecule has 0 heterocycles. The molecule has 0 aliphatic heterocycles. The molecular formula is C15H18O4. The van der Waals surface area contributed by atoms with E-state index >= 15 is 0 Å². The van der Waals surface area contributed by atoms with Crippen LogP contribution < -0.4 is 4.74 Å². The first-order valence-corrected chi connectivity index (χ1v) is 6.25. The number of para-hydroxylation sites is 1. The van der Waals surface area contributed by atoms with Gasteiger partial charge in [-0.05, 0) is 18.2 Å². The Kier molecular flexibility index (Phi) is 4.58. The van der Waals surface area contributed by atoms with Crippen LogP contribution >= 0.6 is 0 Å². The van der Waals surface area contributed by atoms with E-state index in [-0.39, 0.29) is 24.1 Å². The Balaban J connectivity index is 2.06.